The predicted molar refractivity (Wildman–Crippen MR) is 161 cm³/mol. The highest BCUT2D eigenvalue weighted by atomic mass is 35.5. The van der Waals surface area contributed by atoms with Crippen molar-refractivity contribution in [3.8, 4) is 22.4 Å². The molecule has 4 rings (SSSR count). The molecule has 2 N–H and O–H groups in total. The number of guanidine groups is 1. The number of nitrogens with one attached hydrogen (secondary N) is 2. The van der Waals surface area contributed by atoms with Crippen molar-refractivity contribution in [1.82, 2.24) is 15.0 Å². The summed E-state index contributed by atoms with van der Waals surface area (Å²) in [6.45, 7) is 5.68. The summed E-state index contributed by atoms with van der Waals surface area (Å²) in [4.78, 5) is 22.9. The van der Waals surface area contributed by atoms with Crippen LogP contribution in [0.3, 0.4) is 0 Å². The third-order valence-electron chi connectivity index (χ3n) is 5.25. The minimum atomic E-state index is -0.644. The van der Waals surface area contributed by atoms with Crippen LogP contribution in [0.2, 0.25) is 10.0 Å². The average molecular weight is 580 g/mol. The number of carbonyl (C=O) groups is 1. The van der Waals surface area contributed by atoms with Crippen LogP contribution in [0, 0.1) is 0 Å². The highest BCUT2D eigenvalue weighted by Crippen LogP contribution is 2.33. The Morgan fingerprint density at radius 3 is 2.36 bits per heavy atom. The molecule has 4 aromatic rings. The van der Waals surface area contributed by atoms with E-state index in [1.165, 1.54) is 11.9 Å². The third-order valence-corrected chi connectivity index (χ3v) is 6.54. The Morgan fingerprint density at radius 2 is 1.67 bits per heavy atom. The zero-order chi connectivity index (χ0) is 27.8. The molecule has 200 valence electrons. The first-order chi connectivity index (χ1) is 18.7. The molecule has 0 aliphatic heterocycles. The SMILES string of the molecule is CC(C)(C)OC(=O)NC(=NCc1cnc(-c2cccc(Cl)c2)c(-c2ccc(Cl)cc2)c1)NSc1ccccc1. The molecule has 0 radical (unpaired) electrons. The van der Waals surface area contributed by atoms with Gasteiger partial charge in [-0.25, -0.2) is 9.79 Å². The van der Waals surface area contributed by atoms with E-state index < -0.39 is 11.7 Å². The van der Waals surface area contributed by atoms with E-state index >= 15 is 0 Å². The van der Waals surface area contributed by atoms with E-state index in [4.69, 9.17) is 32.9 Å². The maximum Gasteiger partial charge on any atom is 0.414 e. The number of benzene rings is 3. The largest absolute Gasteiger partial charge is 0.444 e. The van der Waals surface area contributed by atoms with Crippen molar-refractivity contribution in [2.75, 3.05) is 0 Å². The number of amides is 1. The van der Waals surface area contributed by atoms with Crippen LogP contribution >= 0.6 is 35.1 Å². The van der Waals surface area contributed by atoms with Gasteiger partial charge in [0.25, 0.3) is 0 Å². The average Bonchev–Trinajstić information content (AvgIpc) is 2.90. The fourth-order valence-corrected chi connectivity index (χ4v) is 4.51. The Morgan fingerprint density at radius 1 is 0.923 bits per heavy atom. The predicted octanol–water partition coefficient (Wildman–Crippen LogP) is 8.40. The number of pyridine rings is 1. The lowest BCUT2D eigenvalue weighted by Crippen LogP contribution is -2.41. The zero-order valence-corrected chi connectivity index (χ0v) is 24.1. The number of nitrogens with zero attached hydrogens (tertiary/aromatic N) is 2. The van der Waals surface area contributed by atoms with Gasteiger partial charge in [0.1, 0.15) is 5.60 Å². The Kier molecular flexibility index (Phi) is 9.51. The second kappa shape index (κ2) is 13.0. The summed E-state index contributed by atoms with van der Waals surface area (Å²) >= 11 is 13.7. The van der Waals surface area contributed by atoms with Crippen LogP contribution in [0.4, 0.5) is 4.79 Å². The summed E-state index contributed by atoms with van der Waals surface area (Å²) in [6, 6.07) is 26.9. The molecule has 3 aromatic carbocycles. The van der Waals surface area contributed by atoms with Crippen LogP contribution in [-0.4, -0.2) is 22.6 Å². The minimum absolute atomic E-state index is 0.261. The molecular formula is C30H28Cl2N4O2S. The number of halogens is 2. The van der Waals surface area contributed by atoms with Crippen LogP contribution < -0.4 is 10.0 Å². The normalized spacial score (nSPS) is 11.7. The molecule has 0 fully saturated rings. The molecule has 0 bridgehead atoms. The van der Waals surface area contributed by atoms with Crippen molar-refractivity contribution >= 4 is 47.2 Å². The van der Waals surface area contributed by atoms with Gasteiger partial charge in [-0.05, 0) is 86.3 Å². The van der Waals surface area contributed by atoms with Crippen molar-refractivity contribution in [2.24, 2.45) is 4.99 Å². The number of aromatic nitrogens is 1. The van der Waals surface area contributed by atoms with Gasteiger partial charge >= 0.3 is 6.09 Å². The first-order valence-corrected chi connectivity index (χ1v) is 13.8. The third kappa shape index (κ3) is 8.75. The number of aliphatic imine (C=N–C) groups is 1. The number of alkyl carbamates (subject to hydrolysis) is 1. The van der Waals surface area contributed by atoms with Gasteiger partial charge in [0, 0.05) is 32.3 Å². The molecule has 0 aliphatic carbocycles. The molecule has 0 unspecified atom stereocenters. The molecule has 1 amide bonds. The number of hydrogen-bond acceptors (Lipinski definition) is 5. The van der Waals surface area contributed by atoms with Gasteiger partial charge in [-0.3, -0.25) is 15.0 Å². The fraction of sp³-hybridized carbons (Fsp3) is 0.167. The molecule has 0 saturated carbocycles. The molecule has 0 atom stereocenters. The standard InChI is InChI=1S/C30H28Cl2N4O2S/c1-30(2,3)38-29(37)35-28(36-39-25-10-5-4-6-11-25)34-19-20-16-26(21-12-14-23(31)15-13-21)27(33-18-20)22-8-7-9-24(32)17-22/h4-18H,19H2,1-3H3,(H2,34,35,36,37). The van der Waals surface area contributed by atoms with Crippen molar-refractivity contribution in [3.63, 3.8) is 0 Å². The van der Waals surface area contributed by atoms with Crippen molar-refractivity contribution in [3.05, 3.63) is 107 Å². The molecule has 6 nitrogen and oxygen atoms in total. The van der Waals surface area contributed by atoms with Gasteiger partial charge in [0.15, 0.2) is 0 Å². The summed E-state index contributed by atoms with van der Waals surface area (Å²) in [5.41, 5.74) is 3.76. The molecule has 1 heterocycles. The van der Waals surface area contributed by atoms with Crippen LogP contribution in [0.25, 0.3) is 22.4 Å². The Hall–Kier alpha value is -3.52. The Balaban J connectivity index is 1.64. The highest BCUT2D eigenvalue weighted by Gasteiger charge is 2.18. The second-order valence-electron chi connectivity index (χ2n) is 9.57. The van der Waals surface area contributed by atoms with E-state index in [0.29, 0.717) is 10.0 Å². The summed E-state index contributed by atoms with van der Waals surface area (Å²) in [5, 5.41) is 4.00. The smallest absolute Gasteiger partial charge is 0.414 e. The van der Waals surface area contributed by atoms with Crippen molar-refractivity contribution < 1.29 is 9.53 Å². The molecule has 9 heteroatoms. The zero-order valence-electron chi connectivity index (χ0n) is 21.7. The van der Waals surface area contributed by atoms with Crippen LogP contribution in [0.5, 0.6) is 0 Å². The number of rotatable bonds is 6. The van der Waals surface area contributed by atoms with E-state index in [2.05, 4.69) is 15.0 Å². The maximum absolute atomic E-state index is 12.5. The Bertz CT molecular complexity index is 1460. The van der Waals surface area contributed by atoms with Gasteiger partial charge in [-0.15, -0.1) is 0 Å². The van der Waals surface area contributed by atoms with Gasteiger partial charge in [0.2, 0.25) is 5.96 Å². The topological polar surface area (TPSA) is 75.6 Å². The van der Waals surface area contributed by atoms with Crippen LogP contribution in [0.15, 0.2) is 101 Å². The molecule has 0 aliphatic rings. The lowest BCUT2D eigenvalue weighted by atomic mass is 9.98. The van der Waals surface area contributed by atoms with Crippen molar-refractivity contribution in [1.29, 1.82) is 0 Å². The lowest BCUT2D eigenvalue weighted by Gasteiger charge is -2.20. The van der Waals surface area contributed by atoms with Crippen LogP contribution in [-0.2, 0) is 11.3 Å². The molecular weight excluding hydrogens is 551 g/mol. The summed E-state index contributed by atoms with van der Waals surface area (Å²) in [7, 11) is 0. The summed E-state index contributed by atoms with van der Waals surface area (Å²) < 4.78 is 8.54. The lowest BCUT2D eigenvalue weighted by molar-refractivity contribution is 0.0562. The number of carbonyl (C=O) groups excluding carboxylic acids is 1. The van der Waals surface area contributed by atoms with Gasteiger partial charge in [0.05, 0.1) is 12.2 Å². The van der Waals surface area contributed by atoms with Crippen LogP contribution in [0.1, 0.15) is 26.3 Å². The number of hydrogen-bond donors (Lipinski definition) is 2. The van der Waals surface area contributed by atoms with Gasteiger partial charge in [-0.1, -0.05) is 65.7 Å². The minimum Gasteiger partial charge on any atom is -0.444 e. The molecule has 1 aromatic heterocycles. The van der Waals surface area contributed by atoms with Gasteiger partial charge < -0.3 is 4.74 Å². The van der Waals surface area contributed by atoms with E-state index in [-0.39, 0.29) is 12.5 Å². The summed E-state index contributed by atoms with van der Waals surface area (Å²) in [5.74, 6) is 0.269. The molecule has 0 spiro atoms. The van der Waals surface area contributed by atoms with Gasteiger partial charge in [-0.2, -0.15) is 0 Å². The van der Waals surface area contributed by atoms with E-state index in [1.807, 2.05) is 84.9 Å². The Labute approximate surface area is 243 Å². The maximum atomic E-state index is 12.5. The fourth-order valence-electron chi connectivity index (χ4n) is 3.57. The first kappa shape index (κ1) is 28.5. The van der Waals surface area contributed by atoms with E-state index in [0.717, 1.165) is 32.8 Å². The second-order valence-corrected chi connectivity index (χ2v) is 11.3. The van der Waals surface area contributed by atoms with E-state index in [9.17, 15) is 4.79 Å². The van der Waals surface area contributed by atoms with E-state index in [1.54, 1.807) is 27.0 Å². The molecule has 39 heavy (non-hydrogen) atoms. The molecule has 0 saturated heterocycles. The quantitative estimate of drug-likeness (QED) is 0.136. The summed E-state index contributed by atoms with van der Waals surface area (Å²) in [6.07, 6.45) is 1.17. The number of ether oxygens (including phenoxy) is 1. The first-order valence-electron chi connectivity index (χ1n) is 12.2. The monoisotopic (exact) mass is 578 g/mol. The van der Waals surface area contributed by atoms with Crippen molar-refractivity contribution in [2.45, 2.75) is 37.8 Å². The highest BCUT2D eigenvalue weighted by molar-refractivity contribution is 7.98.